The van der Waals surface area contributed by atoms with Crippen LogP contribution in [0.4, 0.5) is 11.4 Å². The van der Waals surface area contributed by atoms with Crippen LogP contribution in [0.5, 0.6) is 0 Å². The maximum atomic E-state index is 12.1. The smallest absolute Gasteiger partial charge is 0.294 e. The molecule has 1 amide bonds. The van der Waals surface area contributed by atoms with E-state index in [-0.39, 0.29) is 40.3 Å². The molecule has 22 heavy (non-hydrogen) atoms. The van der Waals surface area contributed by atoms with Gasteiger partial charge in [0.25, 0.3) is 5.69 Å². The normalized spacial score (nSPS) is 13.0. The second-order valence-corrected chi connectivity index (χ2v) is 6.86. The molecular weight excluding hydrogens is 306 g/mol. The first kappa shape index (κ1) is 18.4. The highest BCUT2D eigenvalue weighted by atomic mass is 35.5. The number of hydrogen-bond donors (Lipinski definition) is 1. The first-order chi connectivity index (χ1) is 10.0. The molecule has 1 atom stereocenters. The van der Waals surface area contributed by atoms with E-state index < -0.39 is 4.92 Å². The van der Waals surface area contributed by atoms with Gasteiger partial charge in [-0.1, -0.05) is 32.4 Å². The Bertz CT molecular complexity index is 570. The molecule has 0 aliphatic rings. The topological polar surface area (TPSA) is 75.5 Å². The van der Waals surface area contributed by atoms with E-state index in [0.717, 1.165) is 0 Å². The molecule has 0 fully saturated rings. The first-order valence-corrected chi connectivity index (χ1v) is 7.34. The van der Waals surface area contributed by atoms with Crippen LogP contribution in [0.2, 0.25) is 5.02 Å². The summed E-state index contributed by atoms with van der Waals surface area (Å²) in [7, 11) is 1.85. The second-order valence-electron chi connectivity index (χ2n) is 6.42. The Balaban J connectivity index is 2.80. The van der Waals surface area contributed by atoms with Crippen molar-refractivity contribution < 1.29 is 9.72 Å². The largest absolute Gasteiger partial charge is 0.319 e. The summed E-state index contributed by atoms with van der Waals surface area (Å²) in [6, 6.07) is 4.34. The first-order valence-electron chi connectivity index (χ1n) is 6.96. The molecule has 0 aromatic heterocycles. The van der Waals surface area contributed by atoms with Gasteiger partial charge in [-0.2, -0.15) is 0 Å². The fourth-order valence-electron chi connectivity index (χ4n) is 1.98. The lowest BCUT2D eigenvalue weighted by Gasteiger charge is -2.34. The van der Waals surface area contributed by atoms with Crippen LogP contribution < -0.4 is 5.32 Å². The molecule has 0 heterocycles. The lowest BCUT2D eigenvalue weighted by molar-refractivity contribution is -0.383. The van der Waals surface area contributed by atoms with Crippen LogP contribution in [0.1, 0.15) is 27.7 Å². The lowest BCUT2D eigenvalue weighted by Crippen LogP contribution is -2.43. The van der Waals surface area contributed by atoms with Gasteiger partial charge in [0.2, 0.25) is 5.91 Å². The van der Waals surface area contributed by atoms with E-state index in [2.05, 4.69) is 26.1 Å². The molecule has 122 valence electrons. The highest BCUT2D eigenvalue weighted by Gasteiger charge is 2.25. The summed E-state index contributed by atoms with van der Waals surface area (Å²) in [5, 5.41) is 13.8. The molecule has 0 aliphatic heterocycles. The van der Waals surface area contributed by atoms with Crippen LogP contribution in [0.3, 0.4) is 0 Å². The molecule has 1 aromatic rings. The molecule has 1 rings (SSSR count). The molecule has 0 radical (unpaired) electrons. The number of rotatable bonds is 5. The van der Waals surface area contributed by atoms with E-state index in [0.29, 0.717) is 0 Å². The lowest BCUT2D eigenvalue weighted by atomic mass is 9.87. The monoisotopic (exact) mass is 327 g/mol. The Hall–Kier alpha value is -1.66. The summed E-state index contributed by atoms with van der Waals surface area (Å²) in [4.78, 5) is 24.5. The Morgan fingerprint density at radius 3 is 2.55 bits per heavy atom. The zero-order valence-electron chi connectivity index (χ0n) is 13.5. The number of nitro groups is 1. The molecule has 0 aliphatic carbocycles. The van der Waals surface area contributed by atoms with Gasteiger partial charge in [0, 0.05) is 17.1 Å². The number of benzene rings is 1. The van der Waals surface area contributed by atoms with E-state index in [9.17, 15) is 14.9 Å². The third kappa shape index (κ3) is 4.96. The molecule has 0 bridgehead atoms. The van der Waals surface area contributed by atoms with Crippen molar-refractivity contribution in [2.45, 2.75) is 33.7 Å². The van der Waals surface area contributed by atoms with E-state index in [1.807, 2.05) is 18.9 Å². The van der Waals surface area contributed by atoms with Gasteiger partial charge in [-0.15, -0.1) is 0 Å². The molecule has 1 N–H and O–H groups in total. The van der Waals surface area contributed by atoms with E-state index in [1.54, 1.807) is 0 Å². The van der Waals surface area contributed by atoms with Gasteiger partial charge in [0.1, 0.15) is 5.69 Å². The number of likely N-dealkylation sites (N-methyl/N-ethyl adjacent to an activating group) is 1. The number of nitrogens with one attached hydrogen (secondary N) is 1. The van der Waals surface area contributed by atoms with Crippen molar-refractivity contribution in [3.8, 4) is 0 Å². The van der Waals surface area contributed by atoms with Crippen molar-refractivity contribution in [2.24, 2.45) is 5.41 Å². The van der Waals surface area contributed by atoms with Gasteiger partial charge in [0.05, 0.1) is 11.5 Å². The van der Waals surface area contributed by atoms with Crippen LogP contribution in [0, 0.1) is 15.5 Å². The Morgan fingerprint density at radius 2 is 2.05 bits per heavy atom. The number of halogens is 1. The predicted molar refractivity (Wildman–Crippen MR) is 88.3 cm³/mol. The molecule has 1 unspecified atom stereocenters. The van der Waals surface area contributed by atoms with Crippen LogP contribution in [-0.4, -0.2) is 35.4 Å². The number of nitrogens with zero attached hydrogens (tertiary/aromatic N) is 2. The van der Waals surface area contributed by atoms with Crippen LogP contribution in [0.15, 0.2) is 18.2 Å². The highest BCUT2D eigenvalue weighted by molar-refractivity contribution is 6.31. The van der Waals surface area contributed by atoms with Crippen molar-refractivity contribution in [2.75, 3.05) is 18.9 Å². The quantitative estimate of drug-likeness (QED) is 0.662. The Kier molecular flexibility index (Phi) is 5.91. The minimum atomic E-state index is -0.566. The zero-order valence-corrected chi connectivity index (χ0v) is 14.3. The third-order valence-corrected chi connectivity index (χ3v) is 3.97. The third-order valence-electron chi connectivity index (χ3n) is 3.74. The van der Waals surface area contributed by atoms with Gasteiger partial charge < -0.3 is 5.32 Å². The molecule has 6 nitrogen and oxygen atoms in total. The SMILES string of the molecule is CC(N(C)CC(=O)Nc1ccc(Cl)cc1[N+](=O)[O-])C(C)(C)C. The van der Waals surface area contributed by atoms with Crippen molar-refractivity contribution >= 4 is 28.9 Å². The fraction of sp³-hybridized carbons (Fsp3) is 0.533. The molecule has 7 heteroatoms. The maximum absolute atomic E-state index is 12.1. The number of carbonyl (C=O) groups is 1. The van der Waals surface area contributed by atoms with Gasteiger partial charge in [-0.3, -0.25) is 19.8 Å². The van der Waals surface area contributed by atoms with Crippen molar-refractivity contribution in [1.29, 1.82) is 0 Å². The number of anilines is 1. The number of hydrogen-bond acceptors (Lipinski definition) is 4. The fourth-order valence-corrected chi connectivity index (χ4v) is 2.14. The van der Waals surface area contributed by atoms with Crippen LogP contribution in [-0.2, 0) is 4.79 Å². The molecule has 0 saturated heterocycles. The van der Waals surface area contributed by atoms with Crippen molar-refractivity contribution in [3.63, 3.8) is 0 Å². The minimum absolute atomic E-state index is 0.0291. The number of nitro benzene ring substituents is 1. The summed E-state index contributed by atoms with van der Waals surface area (Å²) in [6.45, 7) is 8.47. The number of amides is 1. The molecule has 0 saturated carbocycles. The summed E-state index contributed by atoms with van der Waals surface area (Å²) in [5.74, 6) is -0.302. The van der Waals surface area contributed by atoms with Crippen molar-refractivity contribution in [1.82, 2.24) is 4.90 Å². The van der Waals surface area contributed by atoms with Crippen LogP contribution >= 0.6 is 11.6 Å². The molecular formula is C15H22ClN3O3. The summed E-state index contributed by atoms with van der Waals surface area (Å²) in [6.07, 6.45) is 0. The van der Waals surface area contributed by atoms with Gasteiger partial charge in [0.15, 0.2) is 0 Å². The highest BCUT2D eigenvalue weighted by Crippen LogP contribution is 2.28. The summed E-state index contributed by atoms with van der Waals surface area (Å²) < 4.78 is 0. The van der Waals surface area contributed by atoms with Crippen LogP contribution in [0.25, 0.3) is 0 Å². The van der Waals surface area contributed by atoms with E-state index in [1.165, 1.54) is 18.2 Å². The molecule has 1 aromatic carbocycles. The van der Waals surface area contributed by atoms with Crippen molar-refractivity contribution in [3.05, 3.63) is 33.3 Å². The van der Waals surface area contributed by atoms with Gasteiger partial charge in [-0.05, 0) is 31.5 Å². The molecule has 0 spiro atoms. The van der Waals surface area contributed by atoms with Gasteiger partial charge in [-0.25, -0.2) is 0 Å². The Labute approximate surface area is 135 Å². The maximum Gasteiger partial charge on any atom is 0.294 e. The predicted octanol–water partition coefficient (Wildman–Crippen LogP) is 3.55. The second kappa shape index (κ2) is 7.07. The average molecular weight is 328 g/mol. The van der Waals surface area contributed by atoms with E-state index >= 15 is 0 Å². The Morgan fingerprint density at radius 1 is 1.45 bits per heavy atom. The minimum Gasteiger partial charge on any atom is -0.319 e. The van der Waals surface area contributed by atoms with Gasteiger partial charge >= 0.3 is 0 Å². The number of carbonyl (C=O) groups excluding carboxylic acids is 1. The van der Waals surface area contributed by atoms with E-state index in [4.69, 9.17) is 11.6 Å². The standard InChI is InChI=1S/C15H22ClN3O3/c1-10(15(2,3)4)18(5)9-14(20)17-12-7-6-11(16)8-13(12)19(21)22/h6-8,10H,9H2,1-5H3,(H,17,20). The summed E-state index contributed by atoms with van der Waals surface area (Å²) in [5.41, 5.74) is -0.0371. The average Bonchev–Trinajstić information content (AvgIpc) is 2.38. The zero-order chi connectivity index (χ0) is 17.1. The summed E-state index contributed by atoms with van der Waals surface area (Å²) >= 11 is 5.75.